The summed E-state index contributed by atoms with van der Waals surface area (Å²) in [5, 5.41) is 1.21. The maximum Gasteiger partial charge on any atom is 0.179 e. The van der Waals surface area contributed by atoms with Gasteiger partial charge in [0, 0.05) is 23.9 Å². The first-order valence-corrected chi connectivity index (χ1v) is 7.37. The Labute approximate surface area is 127 Å². The zero-order valence-corrected chi connectivity index (χ0v) is 12.3. The highest BCUT2D eigenvalue weighted by molar-refractivity contribution is 5.92. The number of carbonyl (C=O) groups is 1. The standard InChI is InChI=1S/C17H16N4O/c1-9(22)16-7-20-17(8-19-16)15-6-12-10-2-4-13(18)11(10)3-5-14(12)21-15/h3,5-8,13,21H,2,4,18H2,1H3/t13-/m1/s1. The van der Waals surface area contributed by atoms with Gasteiger partial charge in [0.05, 0.1) is 18.1 Å². The van der Waals surface area contributed by atoms with Crippen LogP contribution in [-0.2, 0) is 6.42 Å². The fraction of sp³-hybridized carbons (Fsp3) is 0.235. The molecular weight excluding hydrogens is 276 g/mol. The van der Waals surface area contributed by atoms with Crippen LogP contribution in [0.5, 0.6) is 0 Å². The molecule has 1 atom stereocenters. The molecule has 2 aromatic heterocycles. The average Bonchev–Trinajstić information content (AvgIpc) is 3.11. The van der Waals surface area contributed by atoms with Crippen molar-refractivity contribution in [3.05, 3.63) is 47.4 Å². The fourth-order valence-electron chi connectivity index (χ4n) is 3.15. The first kappa shape index (κ1) is 13.2. The molecule has 4 rings (SSSR count). The van der Waals surface area contributed by atoms with E-state index >= 15 is 0 Å². The van der Waals surface area contributed by atoms with Crippen molar-refractivity contribution >= 4 is 16.7 Å². The lowest BCUT2D eigenvalue weighted by molar-refractivity contribution is 0.101. The quantitative estimate of drug-likeness (QED) is 0.711. The molecule has 3 N–H and O–H groups in total. The van der Waals surface area contributed by atoms with Gasteiger partial charge in [-0.3, -0.25) is 9.78 Å². The van der Waals surface area contributed by atoms with E-state index in [4.69, 9.17) is 5.73 Å². The van der Waals surface area contributed by atoms with Gasteiger partial charge in [0.25, 0.3) is 0 Å². The van der Waals surface area contributed by atoms with Crippen LogP contribution >= 0.6 is 0 Å². The van der Waals surface area contributed by atoms with E-state index in [9.17, 15) is 4.79 Å². The topological polar surface area (TPSA) is 84.7 Å². The third-order valence-electron chi connectivity index (χ3n) is 4.34. The number of aromatic amines is 1. The van der Waals surface area contributed by atoms with Gasteiger partial charge in [-0.05, 0) is 36.1 Å². The van der Waals surface area contributed by atoms with Gasteiger partial charge in [-0.15, -0.1) is 0 Å². The zero-order chi connectivity index (χ0) is 15.3. The number of nitrogens with two attached hydrogens (primary N) is 1. The van der Waals surface area contributed by atoms with Crippen LogP contribution in [0.1, 0.15) is 41.0 Å². The molecule has 0 spiro atoms. The van der Waals surface area contributed by atoms with Gasteiger partial charge in [0.1, 0.15) is 11.4 Å². The van der Waals surface area contributed by atoms with Gasteiger partial charge < -0.3 is 10.7 Å². The lowest BCUT2D eigenvalue weighted by Gasteiger charge is -2.04. The highest BCUT2D eigenvalue weighted by atomic mass is 16.1. The number of rotatable bonds is 2. The number of hydrogen-bond acceptors (Lipinski definition) is 4. The molecule has 0 amide bonds. The minimum atomic E-state index is -0.0810. The number of Topliss-reactive ketones (excluding diaryl/α,β-unsaturated/α-hetero) is 1. The lowest BCUT2D eigenvalue weighted by atomic mass is 10.0. The molecule has 5 heteroatoms. The number of fused-ring (bicyclic) bond motifs is 3. The average molecular weight is 292 g/mol. The molecule has 1 aliphatic carbocycles. The second-order valence-electron chi connectivity index (χ2n) is 5.77. The summed E-state index contributed by atoms with van der Waals surface area (Å²) in [6, 6.07) is 6.43. The van der Waals surface area contributed by atoms with Crippen LogP contribution in [0.2, 0.25) is 0 Å². The third-order valence-corrected chi connectivity index (χ3v) is 4.34. The number of aromatic nitrogens is 3. The first-order chi connectivity index (χ1) is 10.6. The Morgan fingerprint density at radius 3 is 2.91 bits per heavy atom. The SMILES string of the molecule is CC(=O)c1cnc(-c2cc3c4c(ccc3[nH]2)[C@H](N)CC4)cn1. The number of H-pyrrole nitrogens is 1. The molecule has 5 nitrogen and oxygen atoms in total. The predicted molar refractivity (Wildman–Crippen MR) is 84.6 cm³/mol. The largest absolute Gasteiger partial charge is 0.353 e. The van der Waals surface area contributed by atoms with Crippen molar-refractivity contribution in [3.8, 4) is 11.4 Å². The molecule has 1 aliphatic rings. The highest BCUT2D eigenvalue weighted by Gasteiger charge is 2.22. The Bertz CT molecular complexity index is 880. The van der Waals surface area contributed by atoms with Crippen LogP contribution < -0.4 is 5.73 Å². The van der Waals surface area contributed by atoms with Crippen LogP contribution in [0.3, 0.4) is 0 Å². The third kappa shape index (κ3) is 1.94. The monoisotopic (exact) mass is 292 g/mol. The minimum absolute atomic E-state index is 0.0810. The number of nitrogens with zero attached hydrogens (tertiary/aromatic N) is 2. The van der Waals surface area contributed by atoms with E-state index in [1.54, 1.807) is 6.20 Å². The summed E-state index contributed by atoms with van der Waals surface area (Å²) >= 11 is 0. The minimum Gasteiger partial charge on any atom is -0.353 e. The molecule has 0 fully saturated rings. The number of benzene rings is 1. The van der Waals surface area contributed by atoms with Crippen molar-refractivity contribution in [1.29, 1.82) is 0 Å². The summed E-state index contributed by atoms with van der Waals surface area (Å²) in [5.74, 6) is -0.0810. The van der Waals surface area contributed by atoms with Crippen molar-refractivity contribution in [3.63, 3.8) is 0 Å². The van der Waals surface area contributed by atoms with Crippen molar-refractivity contribution in [1.82, 2.24) is 15.0 Å². The number of ketones is 1. The van der Waals surface area contributed by atoms with E-state index in [0.29, 0.717) is 5.69 Å². The Morgan fingerprint density at radius 1 is 1.32 bits per heavy atom. The van der Waals surface area contributed by atoms with E-state index in [0.717, 1.165) is 29.7 Å². The first-order valence-electron chi connectivity index (χ1n) is 7.37. The summed E-state index contributed by atoms with van der Waals surface area (Å²) in [5.41, 5.74) is 11.8. The van der Waals surface area contributed by atoms with Crippen molar-refractivity contribution < 1.29 is 4.79 Å². The second-order valence-corrected chi connectivity index (χ2v) is 5.77. The smallest absolute Gasteiger partial charge is 0.179 e. The molecule has 0 bridgehead atoms. The van der Waals surface area contributed by atoms with E-state index in [2.05, 4.69) is 33.2 Å². The van der Waals surface area contributed by atoms with Crippen LogP contribution in [-0.4, -0.2) is 20.7 Å². The number of nitrogens with one attached hydrogen (secondary N) is 1. The van der Waals surface area contributed by atoms with Gasteiger partial charge in [-0.25, -0.2) is 4.98 Å². The summed E-state index contributed by atoms with van der Waals surface area (Å²) in [6.07, 6.45) is 5.17. The summed E-state index contributed by atoms with van der Waals surface area (Å²) in [6.45, 7) is 1.49. The van der Waals surface area contributed by atoms with E-state index in [1.807, 2.05) is 0 Å². The molecule has 110 valence electrons. The highest BCUT2D eigenvalue weighted by Crippen LogP contribution is 2.36. The Balaban J connectivity index is 1.81. The Kier molecular flexibility index (Phi) is 2.84. The summed E-state index contributed by atoms with van der Waals surface area (Å²) in [4.78, 5) is 23.1. The van der Waals surface area contributed by atoms with Crippen LogP contribution in [0.4, 0.5) is 0 Å². The molecule has 22 heavy (non-hydrogen) atoms. The molecule has 0 saturated carbocycles. The molecular formula is C17H16N4O. The van der Waals surface area contributed by atoms with Gasteiger partial charge in [0.15, 0.2) is 5.78 Å². The lowest BCUT2D eigenvalue weighted by Crippen LogP contribution is -2.04. The molecule has 0 radical (unpaired) electrons. The molecule has 2 heterocycles. The maximum atomic E-state index is 11.3. The van der Waals surface area contributed by atoms with E-state index in [-0.39, 0.29) is 11.8 Å². The molecule has 1 aromatic carbocycles. The molecule has 3 aromatic rings. The number of hydrogen-bond donors (Lipinski definition) is 2. The van der Waals surface area contributed by atoms with E-state index in [1.165, 1.54) is 29.6 Å². The maximum absolute atomic E-state index is 11.3. The van der Waals surface area contributed by atoms with Gasteiger partial charge in [-0.2, -0.15) is 0 Å². The van der Waals surface area contributed by atoms with Gasteiger partial charge in [0.2, 0.25) is 0 Å². The number of carbonyl (C=O) groups excluding carboxylic acids is 1. The second kappa shape index (κ2) is 4.74. The van der Waals surface area contributed by atoms with Crippen LogP contribution in [0, 0.1) is 0 Å². The zero-order valence-electron chi connectivity index (χ0n) is 12.3. The normalized spacial score (nSPS) is 16.9. The van der Waals surface area contributed by atoms with Crippen molar-refractivity contribution in [2.24, 2.45) is 5.73 Å². The van der Waals surface area contributed by atoms with Crippen molar-refractivity contribution in [2.75, 3.05) is 0 Å². The van der Waals surface area contributed by atoms with Gasteiger partial charge >= 0.3 is 0 Å². The summed E-state index contributed by atoms with van der Waals surface area (Å²) < 4.78 is 0. The van der Waals surface area contributed by atoms with E-state index < -0.39 is 0 Å². The number of aryl methyl sites for hydroxylation is 1. The summed E-state index contributed by atoms with van der Waals surface area (Å²) in [7, 11) is 0. The molecule has 0 aliphatic heterocycles. The van der Waals surface area contributed by atoms with Crippen LogP contribution in [0.25, 0.3) is 22.3 Å². The predicted octanol–water partition coefficient (Wildman–Crippen LogP) is 2.77. The van der Waals surface area contributed by atoms with Crippen molar-refractivity contribution in [2.45, 2.75) is 25.8 Å². The fourth-order valence-corrected chi connectivity index (χ4v) is 3.15. The molecule has 0 unspecified atom stereocenters. The molecule has 0 saturated heterocycles. The Hall–Kier alpha value is -2.53. The van der Waals surface area contributed by atoms with Gasteiger partial charge in [-0.1, -0.05) is 6.07 Å². The Morgan fingerprint density at radius 2 is 2.18 bits per heavy atom. The van der Waals surface area contributed by atoms with Crippen LogP contribution in [0.15, 0.2) is 30.6 Å².